The van der Waals surface area contributed by atoms with Crippen molar-refractivity contribution in [3.8, 4) is 22.9 Å². The fraction of sp³-hybridized carbons (Fsp3) is 0.375. The molecule has 0 radical (unpaired) electrons. The fourth-order valence-corrected chi connectivity index (χ4v) is 4.38. The quantitative estimate of drug-likeness (QED) is 0.445. The van der Waals surface area contributed by atoms with Crippen molar-refractivity contribution >= 4 is 23.4 Å². The number of nitrogens with one attached hydrogen (secondary N) is 1. The Morgan fingerprint density at radius 1 is 1.15 bits per heavy atom. The maximum absolute atomic E-state index is 12.5. The molecule has 0 spiro atoms. The standard InChI is InChI=1S/C24H28N4O4S/c1-3-31-20-12-8-18(9-13-20)25-22(29)16-33-24-27-26-23(17-6-10-19(30-2)11-7-17)28(24)15-21-5-4-14-32-21/h6-13,21H,3-5,14-16H2,1-2H3,(H,25,29). The minimum Gasteiger partial charge on any atom is -0.497 e. The van der Waals surface area contributed by atoms with Crippen molar-refractivity contribution < 1.29 is 19.0 Å². The summed E-state index contributed by atoms with van der Waals surface area (Å²) in [4.78, 5) is 12.5. The fourth-order valence-electron chi connectivity index (χ4n) is 3.63. The molecule has 0 aliphatic carbocycles. The molecule has 2 aromatic carbocycles. The molecule has 0 bridgehead atoms. The number of nitrogens with zero attached hydrogens (tertiary/aromatic N) is 3. The third-order valence-electron chi connectivity index (χ3n) is 5.26. The van der Waals surface area contributed by atoms with Gasteiger partial charge in [0.05, 0.1) is 32.1 Å². The van der Waals surface area contributed by atoms with Crippen LogP contribution < -0.4 is 14.8 Å². The normalized spacial score (nSPS) is 15.4. The van der Waals surface area contributed by atoms with Crippen molar-refractivity contribution in [3.05, 3.63) is 48.5 Å². The van der Waals surface area contributed by atoms with E-state index in [1.54, 1.807) is 7.11 Å². The van der Waals surface area contributed by atoms with Crippen LogP contribution in [0, 0.1) is 0 Å². The molecular weight excluding hydrogens is 440 g/mol. The Morgan fingerprint density at radius 3 is 2.58 bits per heavy atom. The predicted octanol–water partition coefficient (Wildman–Crippen LogP) is 4.26. The molecule has 4 rings (SSSR count). The molecule has 1 aliphatic heterocycles. The highest BCUT2D eigenvalue weighted by atomic mass is 32.2. The van der Waals surface area contributed by atoms with Crippen LogP contribution in [0.4, 0.5) is 5.69 Å². The summed E-state index contributed by atoms with van der Waals surface area (Å²) >= 11 is 1.36. The average Bonchev–Trinajstić information content (AvgIpc) is 3.50. The summed E-state index contributed by atoms with van der Waals surface area (Å²) in [5.74, 6) is 2.42. The average molecular weight is 469 g/mol. The van der Waals surface area contributed by atoms with Gasteiger partial charge in [-0.2, -0.15) is 0 Å². The van der Waals surface area contributed by atoms with E-state index in [1.807, 2.05) is 60.0 Å². The van der Waals surface area contributed by atoms with E-state index in [9.17, 15) is 4.79 Å². The Bertz CT molecular complexity index is 1050. The number of amides is 1. The highest BCUT2D eigenvalue weighted by Gasteiger charge is 2.22. The molecule has 9 heteroatoms. The number of hydrogen-bond donors (Lipinski definition) is 1. The number of hydrogen-bond acceptors (Lipinski definition) is 7. The van der Waals surface area contributed by atoms with Crippen LogP contribution in [0.5, 0.6) is 11.5 Å². The lowest BCUT2D eigenvalue weighted by molar-refractivity contribution is -0.113. The molecule has 1 atom stereocenters. The van der Waals surface area contributed by atoms with Crippen molar-refractivity contribution in [3.63, 3.8) is 0 Å². The van der Waals surface area contributed by atoms with E-state index in [1.165, 1.54) is 11.8 Å². The number of thioether (sulfide) groups is 1. The molecule has 3 aromatic rings. The molecule has 33 heavy (non-hydrogen) atoms. The van der Waals surface area contributed by atoms with E-state index >= 15 is 0 Å². The molecule has 1 aliphatic rings. The van der Waals surface area contributed by atoms with Crippen molar-refractivity contribution in [1.82, 2.24) is 14.8 Å². The summed E-state index contributed by atoms with van der Waals surface area (Å²) < 4.78 is 18.6. The second kappa shape index (κ2) is 11.2. The summed E-state index contributed by atoms with van der Waals surface area (Å²) in [7, 11) is 1.64. The van der Waals surface area contributed by atoms with E-state index in [2.05, 4.69) is 15.5 Å². The molecule has 1 saturated heterocycles. The maximum Gasteiger partial charge on any atom is 0.234 e. The van der Waals surface area contributed by atoms with Gasteiger partial charge in [0.25, 0.3) is 0 Å². The van der Waals surface area contributed by atoms with Gasteiger partial charge in [-0.15, -0.1) is 10.2 Å². The lowest BCUT2D eigenvalue weighted by Crippen LogP contribution is -2.18. The van der Waals surface area contributed by atoms with Crippen LogP contribution in [-0.2, 0) is 16.1 Å². The number of carbonyl (C=O) groups excluding carboxylic acids is 1. The number of aromatic nitrogens is 3. The minimum atomic E-state index is -0.109. The summed E-state index contributed by atoms with van der Waals surface area (Å²) in [5, 5.41) is 12.4. The van der Waals surface area contributed by atoms with Crippen molar-refractivity contribution in [2.24, 2.45) is 0 Å². The second-order valence-electron chi connectivity index (χ2n) is 7.57. The summed E-state index contributed by atoms with van der Waals surface area (Å²) in [6, 6.07) is 15.1. The molecule has 0 saturated carbocycles. The lowest BCUT2D eigenvalue weighted by Gasteiger charge is -2.15. The number of methoxy groups -OCH3 is 1. The van der Waals surface area contributed by atoms with Crippen LogP contribution in [0.1, 0.15) is 19.8 Å². The van der Waals surface area contributed by atoms with E-state index in [0.717, 1.165) is 48.0 Å². The summed E-state index contributed by atoms with van der Waals surface area (Å²) in [5.41, 5.74) is 1.66. The molecule has 174 valence electrons. The number of benzene rings is 2. The summed E-state index contributed by atoms with van der Waals surface area (Å²) in [6.45, 7) is 3.97. The molecule has 1 N–H and O–H groups in total. The molecular formula is C24H28N4O4S. The van der Waals surface area contributed by atoms with E-state index in [4.69, 9.17) is 14.2 Å². The molecule has 8 nitrogen and oxygen atoms in total. The van der Waals surface area contributed by atoms with Crippen LogP contribution in [0.25, 0.3) is 11.4 Å². The zero-order valence-corrected chi connectivity index (χ0v) is 19.6. The minimum absolute atomic E-state index is 0.109. The maximum atomic E-state index is 12.5. The van der Waals surface area contributed by atoms with Gasteiger partial charge in [-0.1, -0.05) is 11.8 Å². The zero-order valence-electron chi connectivity index (χ0n) is 18.8. The van der Waals surface area contributed by atoms with Crippen LogP contribution in [-0.4, -0.2) is 52.9 Å². The van der Waals surface area contributed by atoms with Crippen molar-refractivity contribution in [2.45, 2.75) is 37.6 Å². The van der Waals surface area contributed by atoms with Gasteiger partial charge in [0, 0.05) is 17.9 Å². The number of ether oxygens (including phenoxy) is 3. The van der Waals surface area contributed by atoms with Gasteiger partial charge in [0.2, 0.25) is 5.91 Å². The van der Waals surface area contributed by atoms with Gasteiger partial charge >= 0.3 is 0 Å². The van der Waals surface area contributed by atoms with Crippen LogP contribution in [0.15, 0.2) is 53.7 Å². The third-order valence-corrected chi connectivity index (χ3v) is 6.22. The Hall–Kier alpha value is -3.04. The molecule has 2 heterocycles. The van der Waals surface area contributed by atoms with Gasteiger partial charge in [0.15, 0.2) is 11.0 Å². The number of carbonyl (C=O) groups is 1. The first-order chi connectivity index (χ1) is 16.2. The Morgan fingerprint density at radius 2 is 1.91 bits per heavy atom. The molecule has 1 aromatic heterocycles. The largest absolute Gasteiger partial charge is 0.497 e. The molecule has 1 unspecified atom stereocenters. The monoisotopic (exact) mass is 468 g/mol. The molecule has 1 fully saturated rings. The predicted molar refractivity (Wildman–Crippen MR) is 128 cm³/mol. The first-order valence-electron chi connectivity index (χ1n) is 11.0. The van der Waals surface area contributed by atoms with Gasteiger partial charge in [-0.05, 0) is 68.3 Å². The van der Waals surface area contributed by atoms with Crippen molar-refractivity contribution in [1.29, 1.82) is 0 Å². The lowest BCUT2D eigenvalue weighted by atomic mass is 10.2. The van der Waals surface area contributed by atoms with Crippen LogP contribution >= 0.6 is 11.8 Å². The Balaban J connectivity index is 1.45. The number of rotatable bonds is 10. The van der Waals surface area contributed by atoms with Gasteiger partial charge < -0.3 is 19.5 Å². The van der Waals surface area contributed by atoms with E-state index < -0.39 is 0 Å². The topological polar surface area (TPSA) is 87.5 Å². The van der Waals surface area contributed by atoms with Gasteiger partial charge in [-0.25, -0.2) is 0 Å². The second-order valence-corrected chi connectivity index (χ2v) is 8.52. The van der Waals surface area contributed by atoms with Crippen LogP contribution in [0.3, 0.4) is 0 Å². The van der Waals surface area contributed by atoms with E-state index in [-0.39, 0.29) is 17.8 Å². The first-order valence-corrected chi connectivity index (χ1v) is 12.0. The third kappa shape index (κ3) is 6.06. The molecule has 1 amide bonds. The number of anilines is 1. The highest BCUT2D eigenvalue weighted by molar-refractivity contribution is 7.99. The van der Waals surface area contributed by atoms with Gasteiger partial charge in [0.1, 0.15) is 11.5 Å². The first kappa shape index (κ1) is 23.1. The zero-order chi connectivity index (χ0) is 23.0. The Kier molecular flexibility index (Phi) is 7.85. The Labute approximate surface area is 197 Å². The smallest absolute Gasteiger partial charge is 0.234 e. The summed E-state index contributed by atoms with van der Waals surface area (Å²) in [6.07, 6.45) is 2.18. The highest BCUT2D eigenvalue weighted by Crippen LogP contribution is 2.28. The SMILES string of the molecule is CCOc1ccc(NC(=O)CSc2nnc(-c3ccc(OC)cc3)n2CC2CCCO2)cc1. The van der Waals surface area contributed by atoms with Crippen molar-refractivity contribution in [2.75, 3.05) is 31.4 Å². The van der Waals surface area contributed by atoms with Crippen LogP contribution in [0.2, 0.25) is 0 Å². The van der Waals surface area contributed by atoms with Gasteiger partial charge in [-0.3, -0.25) is 9.36 Å². The van der Waals surface area contributed by atoms with E-state index in [0.29, 0.717) is 18.3 Å².